The molecule has 1 aliphatic heterocycles. The van der Waals surface area contributed by atoms with Gasteiger partial charge in [-0.3, -0.25) is 4.79 Å². The molecule has 0 radical (unpaired) electrons. The van der Waals surface area contributed by atoms with Gasteiger partial charge in [0.25, 0.3) is 5.91 Å². The SMILES string of the molecule is CCNC(=NCc1ccc(NC(=O)c2ccco2)cc1)N1CCCC(C)C1. The second-order valence-corrected chi connectivity index (χ2v) is 6.99. The number of guanidine groups is 1. The van der Waals surface area contributed by atoms with Crippen molar-refractivity contribution in [2.24, 2.45) is 10.9 Å². The van der Waals surface area contributed by atoms with Crippen molar-refractivity contribution >= 4 is 17.6 Å². The Labute approximate surface area is 160 Å². The largest absolute Gasteiger partial charge is 0.459 e. The summed E-state index contributed by atoms with van der Waals surface area (Å²) in [6.45, 7) is 7.99. The minimum atomic E-state index is -0.251. The number of nitrogens with one attached hydrogen (secondary N) is 2. The molecule has 1 saturated heterocycles. The molecular formula is C21H28N4O2. The lowest BCUT2D eigenvalue weighted by molar-refractivity contribution is 0.0996. The number of carbonyl (C=O) groups excluding carboxylic acids is 1. The highest BCUT2D eigenvalue weighted by molar-refractivity contribution is 6.02. The lowest BCUT2D eigenvalue weighted by Crippen LogP contribution is -2.46. The van der Waals surface area contributed by atoms with Gasteiger partial charge in [0.2, 0.25) is 0 Å². The Morgan fingerprint density at radius 1 is 1.30 bits per heavy atom. The number of nitrogens with zero attached hydrogens (tertiary/aromatic N) is 2. The summed E-state index contributed by atoms with van der Waals surface area (Å²) < 4.78 is 5.10. The van der Waals surface area contributed by atoms with Crippen molar-refractivity contribution in [3.05, 3.63) is 54.0 Å². The van der Waals surface area contributed by atoms with E-state index in [0.29, 0.717) is 18.2 Å². The fraction of sp³-hybridized carbons (Fsp3) is 0.429. The van der Waals surface area contributed by atoms with E-state index in [1.807, 2.05) is 24.3 Å². The first-order chi connectivity index (χ1) is 13.2. The van der Waals surface area contributed by atoms with E-state index in [0.717, 1.165) is 36.8 Å². The van der Waals surface area contributed by atoms with E-state index in [1.165, 1.54) is 19.1 Å². The van der Waals surface area contributed by atoms with Crippen molar-refractivity contribution in [2.75, 3.05) is 25.0 Å². The Kier molecular flexibility index (Phi) is 6.52. The van der Waals surface area contributed by atoms with Gasteiger partial charge in [-0.25, -0.2) is 4.99 Å². The molecule has 1 atom stereocenters. The molecular weight excluding hydrogens is 340 g/mol. The van der Waals surface area contributed by atoms with Crippen molar-refractivity contribution in [1.29, 1.82) is 0 Å². The van der Waals surface area contributed by atoms with Crippen LogP contribution in [-0.4, -0.2) is 36.4 Å². The van der Waals surface area contributed by atoms with E-state index >= 15 is 0 Å². The van der Waals surface area contributed by atoms with Gasteiger partial charge in [-0.05, 0) is 55.5 Å². The number of hydrogen-bond donors (Lipinski definition) is 2. The number of aliphatic imine (C=N–C) groups is 1. The van der Waals surface area contributed by atoms with E-state index in [-0.39, 0.29) is 5.91 Å². The van der Waals surface area contributed by atoms with Crippen LogP contribution >= 0.6 is 0 Å². The molecule has 6 nitrogen and oxygen atoms in total. The van der Waals surface area contributed by atoms with Crippen LogP contribution in [-0.2, 0) is 6.54 Å². The number of anilines is 1. The summed E-state index contributed by atoms with van der Waals surface area (Å²) in [4.78, 5) is 19.2. The number of benzene rings is 1. The van der Waals surface area contributed by atoms with Crippen molar-refractivity contribution in [2.45, 2.75) is 33.2 Å². The summed E-state index contributed by atoms with van der Waals surface area (Å²) in [5, 5.41) is 6.23. The molecule has 2 heterocycles. The average molecular weight is 368 g/mol. The van der Waals surface area contributed by atoms with Crippen molar-refractivity contribution in [3.8, 4) is 0 Å². The summed E-state index contributed by atoms with van der Waals surface area (Å²) in [5.41, 5.74) is 1.84. The van der Waals surface area contributed by atoms with Gasteiger partial charge in [-0.15, -0.1) is 0 Å². The third-order valence-corrected chi connectivity index (χ3v) is 4.66. The molecule has 144 valence electrons. The predicted octanol–water partition coefficient (Wildman–Crippen LogP) is 3.73. The minimum absolute atomic E-state index is 0.251. The van der Waals surface area contributed by atoms with Gasteiger partial charge < -0.3 is 20.0 Å². The summed E-state index contributed by atoms with van der Waals surface area (Å²) >= 11 is 0. The number of likely N-dealkylation sites (tertiary alicyclic amines) is 1. The monoisotopic (exact) mass is 368 g/mol. The van der Waals surface area contributed by atoms with Crippen LogP contribution in [0.15, 0.2) is 52.1 Å². The summed E-state index contributed by atoms with van der Waals surface area (Å²) in [6.07, 6.45) is 4.00. The summed E-state index contributed by atoms with van der Waals surface area (Å²) in [5.74, 6) is 1.74. The average Bonchev–Trinajstić information content (AvgIpc) is 3.21. The Bertz CT molecular complexity index is 753. The molecule has 1 unspecified atom stereocenters. The number of piperidine rings is 1. The number of amides is 1. The van der Waals surface area contributed by atoms with Crippen molar-refractivity contribution in [3.63, 3.8) is 0 Å². The van der Waals surface area contributed by atoms with Crippen LogP contribution in [0.4, 0.5) is 5.69 Å². The van der Waals surface area contributed by atoms with Gasteiger partial charge in [-0.2, -0.15) is 0 Å². The summed E-state index contributed by atoms with van der Waals surface area (Å²) in [6, 6.07) is 11.1. The molecule has 0 bridgehead atoms. The van der Waals surface area contributed by atoms with Gasteiger partial charge >= 0.3 is 0 Å². The first-order valence-corrected chi connectivity index (χ1v) is 9.62. The smallest absolute Gasteiger partial charge is 0.291 e. The molecule has 1 aliphatic rings. The molecule has 2 N–H and O–H groups in total. The molecule has 27 heavy (non-hydrogen) atoms. The highest BCUT2D eigenvalue weighted by atomic mass is 16.3. The van der Waals surface area contributed by atoms with E-state index in [2.05, 4.69) is 29.4 Å². The van der Waals surface area contributed by atoms with Crippen LogP contribution in [0.5, 0.6) is 0 Å². The molecule has 0 spiro atoms. The van der Waals surface area contributed by atoms with Gasteiger partial charge in [0, 0.05) is 25.3 Å². The topological polar surface area (TPSA) is 69.9 Å². The highest BCUT2D eigenvalue weighted by Crippen LogP contribution is 2.16. The predicted molar refractivity (Wildman–Crippen MR) is 108 cm³/mol. The lowest BCUT2D eigenvalue weighted by Gasteiger charge is -2.33. The molecule has 6 heteroatoms. The number of carbonyl (C=O) groups is 1. The van der Waals surface area contributed by atoms with Crippen LogP contribution in [0.1, 0.15) is 42.8 Å². The van der Waals surface area contributed by atoms with Crippen molar-refractivity contribution in [1.82, 2.24) is 10.2 Å². The van der Waals surface area contributed by atoms with E-state index in [4.69, 9.17) is 9.41 Å². The number of rotatable bonds is 5. The van der Waals surface area contributed by atoms with E-state index in [9.17, 15) is 4.79 Å². The maximum atomic E-state index is 12.0. The Hall–Kier alpha value is -2.76. The molecule has 0 aliphatic carbocycles. The molecule has 1 aromatic heterocycles. The zero-order valence-electron chi connectivity index (χ0n) is 16.1. The number of hydrogen-bond acceptors (Lipinski definition) is 3. The Morgan fingerprint density at radius 2 is 2.11 bits per heavy atom. The fourth-order valence-corrected chi connectivity index (χ4v) is 3.27. The van der Waals surface area contributed by atoms with E-state index in [1.54, 1.807) is 12.1 Å². The number of furan rings is 1. The first kappa shape index (κ1) is 19.0. The van der Waals surface area contributed by atoms with Gasteiger partial charge in [0.1, 0.15) is 0 Å². The Balaban J connectivity index is 1.60. The molecule has 2 aromatic rings. The molecule has 1 aromatic carbocycles. The van der Waals surface area contributed by atoms with Gasteiger partial charge in [0.05, 0.1) is 12.8 Å². The minimum Gasteiger partial charge on any atom is -0.459 e. The maximum absolute atomic E-state index is 12.0. The van der Waals surface area contributed by atoms with Crippen molar-refractivity contribution < 1.29 is 9.21 Å². The first-order valence-electron chi connectivity index (χ1n) is 9.62. The quantitative estimate of drug-likeness (QED) is 0.623. The molecule has 1 amide bonds. The van der Waals surface area contributed by atoms with E-state index < -0.39 is 0 Å². The van der Waals surface area contributed by atoms with Crippen LogP contribution in [0.3, 0.4) is 0 Å². The van der Waals surface area contributed by atoms with Crippen LogP contribution < -0.4 is 10.6 Å². The standard InChI is InChI=1S/C21H28N4O2/c1-3-22-21(25-12-4-6-16(2)15-25)23-14-17-8-10-18(11-9-17)24-20(26)19-7-5-13-27-19/h5,7-11,13,16H,3-4,6,12,14-15H2,1-2H3,(H,22,23)(H,24,26). The third-order valence-electron chi connectivity index (χ3n) is 4.66. The molecule has 0 saturated carbocycles. The maximum Gasteiger partial charge on any atom is 0.291 e. The van der Waals surface area contributed by atoms with Gasteiger partial charge in [-0.1, -0.05) is 19.1 Å². The zero-order chi connectivity index (χ0) is 19.1. The highest BCUT2D eigenvalue weighted by Gasteiger charge is 2.19. The Morgan fingerprint density at radius 3 is 2.78 bits per heavy atom. The second kappa shape index (κ2) is 9.26. The van der Waals surface area contributed by atoms with Crippen LogP contribution in [0.25, 0.3) is 0 Å². The molecule has 1 fully saturated rings. The fourth-order valence-electron chi connectivity index (χ4n) is 3.27. The zero-order valence-corrected chi connectivity index (χ0v) is 16.1. The third kappa shape index (κ3) is 5.36. The van der Waals surface area contributed by atoms with Gasteiger partial charge in [0.15, 0.2) is 11.7 Å². The lowest BCUT2D eigenvalue weighted by atomic mass is 10.0. The van der Waals surface area contributed by atoms with Crippen LogP contribution in [0, 0.1) is 5.92 Å². The van der Waals surface area contributed by atoms with Crippen LogP contribution in [0.2, 0.25) is 0 Å². The molecule has 3 rings (SSSR count). The summed E-state index contributed by atoms with van der Waals surface area (Å²) in [7, 11) is 0. The normalized spacial score (nSPS) is 17.6. The second-order valence-electron chi connectivity index (χ2n) is 6.99.